The van der Waals surface area contributed by atoms with Gasteiger partial charge in [0.1, 0.15) is 11.8 Å². The van der Waals surface area contributed by atoms with Crippen molar-refractivity contribution >= 4 is 11.9 Å². The van der Waals surface area contributed by atoms with Gasteiger partial charge in [0, 0.05) is 0 Å². The maximum absolute atomic E-state index is 12.4. The summed E-state index contributed by atoms with van der Waals surface area (Å²) in [7, 11) is 0. The predicted octanol–water partition coefficient (Wildman–Crippen LogP) is 2.77. The van der Waals surface area contributed by atoms with E-state index >= 15 is 0 Å². The van der Waals surface area contributed by atoms with E-state index in [1.54, 1.807) is 26.8 Å². The van der Waals surface area contributed by atoms with Crippen LogP contribution in [-0.2, 0) is 9.59 Å². The number of carboxylic acid groups (broad SMARTS) is 1. The number of aliphatic carboxylic acids is 1. The van der Waals surface area contributed by atoms with E-state index in [4.69, 9.17) is 4.74 Å². The molecule has 1 aromatic rings. The number of nitrogens with one attached hydrogen (secondary N) is 1. The summed E-state index contributed by atoms with van der Waals surface area (Å²) in [5, 5.41) is 11.9. The van der Waals surface area contributed by atoms with E-state index in [2.05, 4.69) is 5.32 Å². The number of para-hydroxylation sites is 1. The number of benzene rings is 1. The quantitative estimate of drug-likeness (QED) is 0.812. The van der Waals surface area contributed by atoms with Gasteiger partial charge in [0.2, 0.25) is 0 Å². The topological polar surface area (TPSA) is 75.6 Å². The minimum absolute atomic E-state index is 0.157. The lowest BCUT2D eigenvalue weighted by molar-refractivity contribution is -0.146. The zero-order valence-corrected chi connectivity index (χ0v) is 13.8. The lowest BCUT2D eigenvalue weighted by Crippen LogP contribution is -2.54. The molecule has 2 atom stereocenters. The third-order valence-corrected chi connectivity index (χ3v) is 3.77. The monoisotopic (exact) mass is 307 g/mol. The van der Waals surface area contributed by atoms with E-state index in [-0.39, 0.29) is 5.92 Å². The van der Waals surface area contributed by atoms with E-state index in [1.165, 1.54) is 0 Å². The highest BCUT2D eigenvalue weighted by Crippen LogP contribution is 2.23. The molecule has 0 aliphatic heterocycles. The van der Waals surface area contributed by atoms with Crippen molar-refractivity contribution in [3.63, 3.8) is 0 Å². The number of carbonyl (C=O) groups is 2. The van der Waals surface area contributed by atoms with Gasteiger partial charge in [0.15, 0.2) is 5.60 Å². The number of amides is 1. The zero-order valence-electron chi connectivity index (χ0n) is 13.8. The van der Waals surface area contributed by atoms with Gasteiger partial charge in [0.05, 0.1) is 0 Å². The first-order chi connectivity index (χ1) is 10.2. The molecule has 122 valence electrons. The standard InChI is InChI=1S/C17H25NO4/c1-6-11(2)14(15(19)20)18-16(21)17(4,5)22-13-10-8-7-9-12(13)3/h7-11,14H,6H2,1-5H3,(H,18,21)(H,19,20). The Morgan fingerprint density at radius 3 is 2.41 bits per heavy atom. The van der Waals surface area contributed by atoms with Crippen LogP contribution in [0.4, 0.5) is 0 Å². The van der Waals surface area contributed by atoms with Crippen LogP contribution >= 0.6 is 0 Å². The molecule has 5 heteroatoms. The second kappa shape index (κ2) is 7.29. The molecule has 0 radical (unpaired) electrons. The van der Waals surface area contributed by atoms with Gasteiger partial charge in [-0.1, -0.05) is 38.5 Å². The van der Waals surface area contributed by atoms with Crippen molar-refractivity contribution in [2.75, 3.05) is 0 Å². The molecule has 1 rings (SSSR count). The fourth-order valence-electron chi connectivity index (χ4n) is 1.99. The molecule has 0 spiro atoms. The molecule has 1 aromatic carbocycles. The molecule has 2 N–H and O–H groups in total. The van der Waals surface area contributed by atoms with Gasteiger partial charge < -0.3 is 15.2 Å². The summed E-state index contributed by atoms with van der Waals surface area (Å²) < 4.78 is 5.78. The van der Waals surface area contributed by atoms with Gasteiger partial charge in [-0.2, -0.15) is 0 Å². The summed E-state index contributed by atoms with van der Waals surface area (Å²) in [4.78, 5) is 23.7. The van der Waals surface area contributed by atoms with Crippen LogP contribution < -0.4 is 10.1 Å². The maximum atomic E-state index is 12.4. The average Bonchev–Trinajstić information content (AvgIpc) is 2.45. The summed E-state index contributed by atoms with van der Waals surface area (Å²) in [6, 6.07) is 6.47. The minimum Gasteiger partial charge on any atom is -0.480 e. The molecule has 1 amide bonds. The van der Waals surface area contributed by atoms with E-state index in [0.717, 1.165) is 5.56 Å². The summed E-state index contributed by atoms with van der Waals surface area (Å²) in [6.07, 6.45) is 0.663. The Morgan fingerprint density at radius 2 is 1.91 bits per heavy atom. The van der Waals surface area contributed by atoms with Crippen LogP contribution in [0.5, 0.6) is 5.75 Å². The fourth-order valence-corrected chi connectivity index (χ4v) is 1.99. The first-order valence-corrected chi connectivity index (χ1v) is 7.47. The highest BCUT2D eigenvalue weighted by molar-refractivity contribution is 5.89. The largest absolute Gasteiger partial charge is 0.480 e. The fraction of sp³-hybridized carbons (Fsp3) is 0.529. The highest BCUT2D eigenvalue weighted by Gasteiger charge is 2.35. The Balaban J connectivity index is 2.85. The van der Waals surface area contributed by atoms with Crippen LogP contribution in [0.1, 0.15) is 39.7 Å². The molecule has 0 saturated carbocycles. The smallest absolute Gasteiger partial charge is 0.326 e. The Morgan fingerprint density at radius 1 is 1.32 bits per heavy atom. The summed E-state index contributed by atoms with van der Waals surface area (Å²) >= 11 is 0. The predicted molar refractivity (Wildman–Crippen MR) is 84.9 cm³/mol. The molecule has 0 aliphatic rings. The molecule has 0 saturated heterocycles. The minimum atomic E-state index is -1.16. The maximum Gasteiger partial charge on any atom is 0.326 e. The summed E-state index contributed by atoms with van der Waals surface area (Å²) in [6.45, 7) is 8.84. The lowest BCUT2D eigenvalue weighted by atomic mass is 9.98. The number of carbonyl (C=O) groups excluding carboxylic acids is 1. The number of hydrogen-bond acceptors (Lipinski definition) is 3. The third-order valence-electron chi connectivity index (χ3n) is 3.77. The first-order valence-electron chi connectivity index (χ1n) is 7.47. The molecule has 0 bridgehead atoms. The Bertz CT molecular complexity index is 539. The number of aryl methyl sites for hydroxylation is 1. The summed E-state index contributed by atoms with van der Waals surface area (Å²) in [5.74, 6) is -1.02. The van der Waals surface area contributed by atoms with E-state index in [0.29, 0.717) is 12.2 Å². The molecule has 2 unspecified atom stereocenters. The normalized spacial score (nSPS) is 14.0. The van der Waals surface area contributed by atoms with Crippen molar-refractivity contribution in [2.45, 2.75) is 52.7 Å². The molecule has 0 fully saturated rings. The number of hydrogen-bond donors (Lipinski definition) is 2. The van der Waals surface area contributed by atoms with Gasteiger partial charge in [-0.3, -0.25) is 4.79 Å². The second-order valence-corrected chi connectivity index (χ2v) is 6.05. The van der Waals surface area contributed by atoms with Crippen molar-refractivity contribution in [1.29, 1.82) is 0 Å². The van der Waals surface area contributed by atoms with Crippen molar-refractivity contribution in [3.05, 3.63) is 29.8 Å². The van der Waals surface area contributed by atoms with Crippen molar-refractivity contribution < 1.29 is 19.4 Å². The second-order valence-electron chi connectivity index (χ2n) is 6.05. The van der Waals surface area contributed by atoms with E-state index in [9.17, 15) is 14.7 Å². The first kappa shape index (κ1) is 18.0. The van der Waals surface area contributed by atoms with Crippen LogP contribution in [0.3, 0.4) is 0 Å². The van der Waals surface area contributed by atoms with E-state index in [1.807, 2.05) is 32.0 Å². The Hall–Kier alpha value is -2.04. The number of carboxylic acids is 1. The molecule has 0 aliphatic carbocycles. The van der Waals surface area contributed by atoms with Crippen LogP contribution in [0.15, 0.2) is 24.3 Å². The van der Waals surface area contributed by atoms with E-state index < -0.39 is 23.5 Å². The Kier molecular flexibility index (Phi) is 5.97. The molecule has 22 heavy (non-hydrogen) atoms. The molecule has 0 heterocycles. The zero-order chi connectivity index (χ0) is 16.9. The van der Waals surface area contributed by atoms with Crippen molar-refractivity contribution in [2.24, 2.45) is 5.92 Å². The highest BCUT2D eigenvalue weighted by atomic mass is 16.5. The molecular weight excluding hydrogens is 282 g/mol. The van der Waals surface area contributed by atoms with Gasteiger partial charge >= 0.3 is 5.97 Å². The van der Waals surface area contributed by atoms with Crippen LogP contribution in [0.2, 0.25) is 0 Å². The third kappa shape index (κ3) is 4.48. The van der Waals surface area contributed by atoms with Crippen molar-refractivity contribution in [3.8, 4) is 5.75 Å². The Labute approximate surface area is 131 Å². The van der Waals surface area contributed by atoms with Gasteiger partial charge in [-0.25, -0.2) is 4.79 Å². The molecule has 0 aromatic heterocycles. The number of ether oxygens (including phenoxy) is 1. The summed E-state index contributed by atoms with van der Waals surface area (Å²) in [5.41, 5.74) is -0.243. The number of rotatable bonds is 7. The molecule has 5 nitrogen and oxygen atoms in total. The van der Waals surface area contributed by atoms with Crippen LogP contribution in [0, 0.1) is 12.8 Å². The van der Waals surface area contributed by atoms with Gasteiger partial charge in [-0.15, -0.1) is 0 Å². The van der Waals surface area contributed by atoms with Crippen molar-refractivity contribution in [1.82, 2.24) is 5.32 Å². The molecular formula is C17H25NO4. The SMILES string of the molecule is CCC(C)C(NC(=O)C(C)(C)Oc1ccccc1C)C(=O)O. The van der Waals surface area contributed by atoms with Crippen LogP contribution in [0.25, 0.3) is 0 Å². The lowest BCUT2D eigenvalue weighted by Gasteiger charge is -2.29. The average molecular weight is 307 g/mol. The van der Waals surface area contributed by atoms with Crippen LogP contribution in [-0.4, -0.2) is 28.6 Å². The van der Waals surface area contributed by atoms with Gasteiger partial charge in [0.25, 0.3) is 5.91 Å². The van der Waals surface area contributed by atoms with Gasteiger partial charge in [-0.05, 0) is 38.3 Å².